The van der Waals surface area contributed by atoms with Gasteiger partial charge in [0.2, 0.25) is 5.95 Å². The number of benzene rings is 3. The monoisotopic (exact) mass is 510 g/mol. The second-order valence-corrected chi connectivity index (χ2v) is 9.41. The van der Waals surface area contributed by atoms with Gasteiger partial charge in [-0.25, -0.2) is 13.6 Å². The van der Waals surface area contributed by atoms with Crippen molar-refractivity contribution in [3.05, 3.63) is 89.4 Å². The van der Waals surface area contributed by atoms with Crippen LogP contribution in [0.2, 0.25) is 0 Å². The molecule has 2 amide bonds. The summed E-state index contributed by atoms with van der Waals surface area (Å²) in [7, 11) is 0. The predicted molar refractivity (Wildman–Crippen MR) is 132 cm³/mol. The van der Waals surface area contributed by atoms with Crippen molar-refractivity contribution in [1.82, 2.24) is 20.8 Å². The highest BCUT2D eigenvalue weighted by molar-refractivity contribution is 5.96. The third-order valence-electron chi connectivity index (χ3n) is 5.49. The van der Waals surface area contributed by atoms with Crippen molar-refractivity contribution < 1.29 is 27.5 Å². The minimum atomic E-state index is -1.14. The molecule has 7 nitrogen and oxygen atoms in total. The van der Waals surface area contributed by atoms with E-state index in [1.165, 1.54) is 12.1 Å². The molecule has 3 N–H and O–H groups in total. The number of alkyl carbamates (subject to hydrolysis) is 1. The van der Waals surface area contributed by atoms with Crippen molar-refractivity contribution in [2.45, 2.75) is 32.4 Å². The number of ether oxygens (including phenoxy) is 1. The first-order valence-electron chi connectivity index (χ1n) is 11.5. The van der Waals surface area contributed by atoms with Gasteiger partial charge in [0.15, 0.2) is 11.6 Å². The molecule has 0 aliphatic heterocycles. The van der Waals surface area contributed by atoms with Crippen molar-refractivity contribution in [3.8, 4) is 11.1 Å². The second kappa shape index (κ2) is 10.3. The first-order valence-corrected chi connectivity index (χ1v) is 11.5. The highest BCUT2D eigenvalue weighted by Gasteiger charge is 2.23. The Labute approximate surface area is 211 Å². The van der Waals surface area contributed by atoms with Gasteiger partial charge in [-0.1, -0.05) is 30.3 Å². The molecule has 1 heterocycles. The summed E-state index contributed by atoms with van der Waals surface area (Å²) in [6.07, 6.45) is -0.771. The average Bonchev–Trinajstić information content (AvgIpc) is 3.22. The van der Waals surface area contributed by atoms with Gasteiger partial charge in [0, 0.05) is 17.7 Å². The average molecular weight is 511 g/mol. The minimum absolute atomic E-state index is 0.138. The molecule has 1 unspecified atom stereocenters. The molecule has 0 aliphatic carbocycles. The molecular formula is C27H25F3N4O3. The number of halogens is 3. The summed E-state index contributed by atoms with van der Waals surface area (Å²) in [4.78, 5) is 25.3. The molecule has 3 aromatic carbocycles. The Bertz CT molecular complexity index is 1460. The predicted octanol–water partition coefficient (Wildman–Crippen LogP) is 5.64. The highest BCUT2D eigenvalue weighted by atomic mass is 19.2. The fourth-order valence-corrected chi connectivity index (χ4v) is 3.77. The van der Waals surface area contributed by atoms with E-state index in [1.54, 1.807) is 63.2 Å². The number of carbonyl (C=O) groups excluding carboxylic acids is 2. The van der Waals surface area contributed by atoms with Gasteiger partial charge in [-0.15, -0.1) is 5.10 Å². The quantitative estimate of drug-likeness (QED) is 0.313. The van der Waals surface area contributed by atoms with Crippen LogP contribution in [0.25, 0.3) is 22.0 Å². The molecule has 0 radical (unpaired) electrons. The number of aromatic amines is 1. The summed E-state index contributed by atoms with van der Waals surface area (Å²) in [6.45, 7) is 4.80. The Balaban J connectivity index is 1.58. The second-order valence-electron chi connectivity index (χ2n) is 9.41. The summed E-state index contributed by atoms with van der Waals surface area (Å²) in [5.74, 6) is -3.44. The molecule has 0 fully saturated rings. The number of H-pyrrole nitrogens is 1. The summed E-state index contributed by atoms with van der Waals surface area (Å²) in [5.41, 5.74) is 1.14. The van der Waals surface area contributed by atoms with Crippen LogP contribution >= 0.6 is 0 Å². The van der Waals surface area contributed by atoms with Crippen LogP contribution in [-0.2, 0) is 4.74 Å². The van der Waals surface area contributed by atoms with Crippen LogP contribution < -0.4 is 10.6 Å². The lowest BCUT2D eigenvalue weighted by Crippen LogP contribution is -2.40. The lowest BCUT2D eigenvalue weighted by atomic mass is 10.0. The number of rotatable bonds is 6. The van der Waals surface area contributed by atoms with Gasteiger partial charge in [0.1, 0.15) is 5.60 Å². The fraction of sp³-hybridized carbons (Fsp3) is 0.222. The Morgan fingerprint density at radius 3 is 2.49 bits per heavy atom. The maximum absolute atomic E-state index is 14.6. The number of amides is 2. The molecule has 0 saturated heterocycles. The minimum Gasteiger partial charge on any atom is -0.444 e. The number of hydrogen-bond donors (Lipinski definition) is 3. The lowest BCUT2D eigenvalue weighted by molar-refractivity contribution is 0.0519. The zero-order chi connectivity index (χ0) is 26.7. The van der Waals surface area contributed by atoms with Crippen LogP contribution in [0.3, 0.4) is 0 Å². The van der Waals surface area contributed by atoms with Crippen molar-refractivity contribution >= 4 is 22.9 Å². The number of aromatic nitrogens is 2. The molecule has 0 spiro atoms. The Hall–Kier alpha value is -4.34. The maximum Gasteiger partial charge on any atom is 0.407 e. The highest BCUT2D eigenvalue weighted by Crippen LogP contribution is 2.26. The number of hydrogen-bond acceptors (Lipinski definition) is 4. The van der Waals surface area contributed by atoms with Gasteiger partial charge >= 0.3 is 6.09 Å². The van der Waals surface area contributed by atoms with E-state index < -0.39 is 41.2 Å². The number of nitrogens with zero attached hydrogens (tertiary/aromatic N) is 1. The molecule has 0 aliphatic rings. The molecule has 0 bridgehead atoms. The Kier molecular flexibility index (Phi) is 7.19. The third kappa shape index (κ3) is 6.08. The van der Waals surface area contributed by atoms with E-state index in [4.69, 9.17) is 4.74 Å². The Morgan fingerprint density at radius 2 is 1.73 bits per heavy atom. The topological polar surface area (TPSA) is 96.1 Å². The van der Waals surface area contributed by atoms with Crippen molar-refractivity contribution in [3.63, 3.8) is 0 Å². The van der Waals surface area contributed by atoms with Gasteiger partial charge in [0.25, 0.3) is 5.91 Å². The van der Waals surface area contributed by atoms with Gasteiger partial charge in [-0.3, -0.25) is 9.89 Å². The van der Waals surface area contributed by atoms with E-state index in [1.807, 2.05) is 0 Å². The standard InChI is InChI=1S/C27H25F3N4O3/c1-27(2,3)37-26(36)31-14-22(18-8-5-9-20(28)23(18)29)32-25(35)17-7-4-6-15(12-17)16-10-11-21-19(13-16)24(30)34-33-21/h4-13,22H,14H2,1-3H3,(H,31,36)(H,32,35)(H,33,34). The summed E-state index contributed by atoms with van der Waals surface area (Å²) < 4.78 is 47.7. The normalized spacial score (nSPS) is 12.3. The van der Waals surface area contributed by atoms with Crippen molar-refractivity contribution in [2.75, 3.05) is 6.54 Å². The number of nitrogens with one attached hydrogen (secondary N) is 3. The van der Waals surface area contributed by atoms with Crippen molar-refractivity contribution in [2.24, 2.45) is 0 Å². The molecule has 4 rings (SSSR count). The van der Waals surface area contributed by atoms with Gasteiger partial charge in [-0.2, -0.15) is 4.39 Å². The molecule has 4 aromatic rings. The van der Waals surface area contributed by atoms with E-state index in [2.05, 4.69) is 20.8 Å². The van der Waals surface area contributed by atoms with Crippen LogP contribution in [-0.4, -0.2) is 34.3 Å². The van der Waals surface area contributed by atoms with Gasteiger partial charge < -0.3 is 15.4 Å². The smallest absolute Gasteiger partial charge is 0.407 e. The Morgan fingerprint density at radius 1 is 1.00 bits per heavy atom. The van der Waals surface area contributed by atoms with E-state index >= 15 is 0 Å². The summed E-state index contributed by atoms with van der Waals surface area (Å²) in [6, 6.07) is 14.1. The zero-order valence-corrected chi connectivity index (χ0v) is 20.4. The van der Waals surface area contributed by atoms with E-state index in [0.29, 0.717) is 22.0 Å². The summed E-state index contributed by atoms with van der Waals surface area (Å²) in [5, 5.41) is 11.6. The molecule has 1 aromatic heterocycles. The number of carbonyl (C=O) groups is 2. The van der Waals surface area contributed by atoms with Crippen LogP contribution in [0.1, 0.15) is 42.7 Å². The molecule has 1 atom stereocenters. The summed E-state index contributed by atoms with van der Waals surface area (Å²) >= 11 is 0. The van der Waals surface area contributed by atoms with Crippen LogP contribution in [0.4, 0.5) is 18.0 Å². The van der Waals surface area contributed by atoms with E-state index in [0.717, 1.165) is 6.07 Å². The molecule has 10 heteroatoms. The lowest BCUT2D eigenvalue weighted by Gasteiger charge is -2.23. The number of fused-ring (bicyclic) bond motifs is 1. The van der Waals surface area contributed by atoms with Crippen LogP contribution in [0.15, 0.2) is 60.7 Å². The van der Waals surface area contributed by atoms with Gasteiger partial charge in [-0.05, 0) is 62.2 Å². The molecule has 0 saturated carbocycles. The maximum atomic E-state index is 14.6. The van der Waals surface area contributed by atoms with Crippen molar-refractivity contribution in [1.29, 1.82) is 0 Å². The van der Waals surface area contributed by atoms with Crippen LogP contribution in [0, 0.1) is 17.6 Å². The van der Waals surface area contributed by atoms with Gasteiger partial charge in [0.05, 0.1) is 16.9 Å². The van der Waals surface area contributed by atoms with E-state index in [-0.39, 0.29) is 17.7 Å². The molecular weight excluding hydrogens is 485 g/mol. The van der Waals surface area contributed by atoms with Crippen LogP contribution in [0.5, 0.6) is 0 Å². The largest absolute Gasteiger partial charge is 0.444 e. The third-order valence-corrected chi connectivity index (χ3v) is 5.49. The SMILES string of the molecule is CC(C)(C)OC(=O)NCC(NC(=O)c1cccc(-c2ccc3[nH]nc(F)c3c2)c1)c1cccc(F)c1F. The molecule has 192 valence electrons. The zero-order valence-electron chi connectivity index (χ0n) is 20.4. The first-order chi connectivity index (χ1) is 17.5. The first kappa shape index (κ1) is 25.7. The fourth-order valence-electron chi connectivity index (χ4n) is 3.77. The molecule has 37 heavy (non-hydrogen) atoms. The van der Waals surface area contributed by atoms with E-state index in [9.17, 15) is 22.8 Å².